The fraction of sp³-hybridized carbons (Fsp3) is 0.480. The number of ether oxygens (including phenoxy) is 4. The summed E-state index contributed by atoms with van der Waals surface area (Å²) in [5.74, 6) is 2.63. The van der Waals surface area contributed by atoms with Gasteiger partial charge in [0.15, 0.2) is 23.0 Å². The first kappa shape index (κ1) is 23.9. The number of benzene rings is 2. The lowest BCUT2D eigenvalue weighted by Crippen LogP contribution is -2.51. The van der Waals surface area contributed by atoms with Gasteiger partial charge in [-0.3, -0.25) is 4.90 Å². The molecule has 1 aliphatic rings. The molecule has 0 amide bonds. The van der Waals surface area contributed by atoms with Crippen LogP contribution < -0.4 is 18.9 Å². The van der Waals surface area contributed by atoms with Crippen molar-refractivity contribution in [1.82, 2.24) is 4.90 Å². The van der Waals surface area contributed by atoms with E-state index in [-0.39, 0.29) is 5.92 Å². The van der Waals surface area contributed by atoms with E-state index in [2.05, 4.69) is 0 Å². The fourth-order valence-corrected chi connectivity index (χ4v) is 4.54. The molecule has 0 bridgehead atoms. The second kappa shape index (κ2) is 10.2. The molecule has 0 spiro atoms. The van der Waals surface area contributed by atoms with Crippen LogP contribution in [-0.2, 0) is 4.79 Å². The number of aldehydes is 1. The number of carbonyl (C=O) groups excluding carboxylic acids is 1. The van der Waals surface area contributed by atoms with Crippen LogP contribution in [-0.4, -0.2) is 64.0 Å². The van der Waals surface area contributed by atoms with Gasteiger partial charge in [-0.1, -0.05) is 6.07 Å². The van der Waals surface area contributed by atoms with Crippen molar-refractivity contribution in [3.8, 4) is 34.1 Å². The number of likely N-dealkylation sites (tertiary alicyclic amines) is 1. The van der Waals surface area contributed by atoms with E-state index in [0.29, 0.717) is 42.3 Å². The zero-order chi connectivity index (χ0) is 23.3. The van der Waals surface area contributed by atoms with E-state index in [1.54, 1.807) is 28.4 Å². The van der Waals surface area contributed by atoms with Crippen LogP contribution in [0.1, 0.15) is 37.2 Å². The van der Waals surface area contributed by atoms with Gasteiger partial charge in [-0.05, 0) is 73.2 Å². The Balaban J connectivity index is 2.11. The van der Waals surface area contributed by atoms with Gasteiger partial charge in [0.1, 0.15) is 12.0 Å². The lowest BCUT2D eigenvalue weighted by Gasteiger charge is -2.45. The van der Waals surface area contributed by atoms with E-state index in [1.165, 1.54) is 0 Å². The molecule has 3 rings (SSSR count). The molecule has 32 heavy (non-hydrogen) atoms. The van der Waals surface area contributed by atoms with Crippen molar-refractivity contribution in [2.24, 2.45) is 0 Å². The van der Waals surface area contributed by atoms with Crippen LogP contribution in [0.15, 0.2) is 30.3 Å². The molecular formula is C25H33NO6. The minimum Gasteiger partial charge on any atom is -0.493 e. The molecule has 1 fully saturated rings. The summed E-state index contributed by atoms with van der Waals surface area (Å²) in [5, 5.41) is 11.3. The molecule has 1 heterocycles. The summed E-state index contributed by atoms with van der Waals surface area (Å²) in [6, 6.07) is 9.78. The molecule has 1 saturated heterocycles. The third-order valence-corrected chi connectivity index (χ3v) is 6.45. The Hall–Kier alpha value is -2.77. The highest BCUT2D eigenvalue weighted by Gasteiger charge is 2.39. The summed E-state index contributed by atoms with van der Waals surface area (Å²) < 4.78 is 22.1. The number of aliphatic hydroxyl groups is 1. The lowest BCUT2D eigenvalue weighted by molar-refractivity contribution is -0.134. The van der Waals surface area contributed by atoms with Gasteiger partial charge in [0.2, 0.25) is 0 Å². The third-order valence-electron chi connectivity index (χ3n) is 6.45. The van der Waals surface area contributed by atoms with Crippen LogP contribution >= 0.6 is 0 Å². The first-order chi connectivity index (χ1) is 15.4. The van der Waals surface area contributed by atoms with Crippen LogP contribution in [0.3, 0.4) is 0 Å². The van der Waals surface area contributed by atoms with Gasteiger partial charge >= 0.3 is 0 Å². The van der Waals surface area contributed by atoms with Gasteiger partial charge in [0, 0.05) is 13.0 Å². The first-order valence-corrected chi connectivity index (χ1v) is 10.8. The van der Waals surface area contributed by atoms with Crippen LogP contribution in [0.2, 0.25) is 0 Å². The Morgan fingerprint density at radius 3 is 2.25 bits per heavy atom. The number of nitrogens with zero attached hydrogens (tertiary/aromatic N) is 1. The summed E-state index contributed by atoms with van der Waals surface area (Å²) in [6.07, 6.45) is 2.98. The van der Waals surface area contributed by atoms with Gasteiger partial charge in [-0.2, -0.15) is 0 Å². The Labute approximate surface area is 189 Å². The quantitative estimate of drug-likeness (QED) is 0.590. The summed E-state index contributed by atoms with van der Waals surface area (Å²) in [7, 11) is 8.36. The van der Waals surface area contributed by atoms with E-state index in [0.717, 1.165) is 35.9 Å². The van der Waals surface area contributed by atoms with Gasteiger partial charge < -0.3 is 28.8 Å². The molecule has 7 heteroatoms. The molecule has 1 aliphatic heterocycles. The molecule has 7 nitrogen and oxygen atoms in total. The Morgan fingerprint density at radius 1 is 1.00 bits per heavy atom. The van der Waals surface area contributed by atoms with Gasteiger partial charge in [0.25, 0.3) is 0 Å². The summed E-state index contributed by atoms with van der Waals surface area (Å²) in [5.41, 5.74) is 1.96. The van der Waals surface area contributed by atoms with E-state index < -0.39 is 5.72 Å². The molecule has 2 aromatic rings. The summed E-state index contributed by atoms with van der Waals surface area (Å²) in [6.45, 7) is 0.722. The molecule has 174 valence electrons. The molecular weight excluding hydrogens is 410 g/mol. The number of carbonyl (C=O) groups is 1. The number of piperidine rings is 1. The maximum Gasteiger partial charge on any atom is 0.161 e. The van der Waals surface area contributed by atoms with Crippen molar-refractivity contribution < 1.29 is 28.8 Å². The largest absolute Gasteiger partial charge is 0.493 e. The molecule has 0 saturated carbocycles. The Kier molecular flexibility index (Phi) is 7.64. The predicted octanol–water partition coefficient (Wildman–Crippen LogP) is 3.86. The minimum absolute atomic E-state index is 0.0748. The maximum atomic E-state index is 11.3. The Bertz CT molecular complexity index is 946. The number of rotatable bonds is 9. The molecule has 0 radical (unpaired) electrons. The maximum absolute atomic E-state index is 11.3. The second-order valence-electron chi connectivity index (χ2n) is 8.16. The van der Waals surface area contributed by atoms with Crippen molar-refractivity contribution in [3.05, 3.63) is 35.9 Å². The highest BCUT2D eigenvalue weighted by atomic mass is 16.5. The van der Waals surface area contributed by atoms with Gasteiger partial charge in [-0.25, -0.2) is 0 Å². The van der Waals surface area contributed by atoms with Crippen molar-refractivity contribution in [3.63, 3.8) is 0 Å². The number of hydrogen-bond donors (Lipinski definition) is 1. The zero-order valence-electron chi connectivity index (χ0n) is 19.5. The first-order valence-electron chi connectivity index (χ1n) is 10.8. The molecule has 1 N–H and O–H groups in total. The van der Waals surface area contributed by atoms with Crippen LogP contribution in [0.4, 0.5) is 0 Å². The third kappa shape index (κ3) is 4.69. The molecule has 2 atom stereocenters. The van der Waals surface area contributed by atoms with Crippen molar-refractivity contribution in [2.45, 2.75) is 37.3 Å². The lowest BCUT2D eigenvalue weighted by atomic mass is 9.79. The predicted molar refractivity (Wildman–Crippen MR) is 123 cm³/mol. The number of hydrogen-bond acceptors (Lipinski definition) is 7. The Morgan fingerprint density at radius 2 is 1.62 bits per heavy atom. The molecule has 2 aromatic carbocycles. The van der Waals surface area contributed by atoms with E-state index >= 15 is 0 Å². The standard InChI is InChI=1S/C25H33NO6/c1-26-11-9-18(16-25(26,28)10-6-12-27)20-15-24(32-5)23(31-4)14-19(20)17-7-8-21(29-2)22(13-17)30-3/h7-8,12-15,18,28H,6,9-11,16H2,1-5H3. The summed E-state index contributed by atoms with van der Waals surface area (Å²) in [4.78, 5) is 12.9. The van der Waals surface area contributed by atoms with Gasteiger partial charge in [0.05, 0.1) is 28.4 Å². The van der Waals surface area contributed by atoms with Gasteiger partial charge in [-0.15, -0.1) is 0 Å². The van der Waals surface area contributed by atoms with Crippen LogP contribution in [0.25, 0.3) is 11.1 Å². The second-order valence-corrected chi connectivity index (χ2v) is 8.16. The highest BCUT2D eigenvalue weighted by molar-refractivity contribution is 5.74. The highest BCUT2D eigenvalue weighted by Crippen LogP contribution is 2.46. The monoisotopic (exact) mass is 443 g/mol. The molecule has 0 aliphatic carbocycles. The smallest absolute Gasteiger partial charge is 0.161 e. The van der Waals surface area contributed by atoms with Crippen molar-refractivity contribution in [1.29, 1.82) is 0 Å². The minimum atomic E-state index is -1.04. The SMILES string of the molecule is COc1ccc(-c2cc(OC)c(OC)cc2C2CCN(C)C(O)(CCC=O)C2)cc1OC. The molecule has 2 unspecified atom stereocenters. The zero-order valence-corrected chi connectivity index (χ0v) is 19.5. The van der Waals surface area contributed by atoms with E-state index in [4.69, 9.17) is 18.9 Å². The van der Waals surface area contributed by atoms with Crippen LogP contribution in [0, 0.1) is 0 Å². The average Bonchev–Trinajstić information content (AvgIpc) is 2.83. The fourth-order valence-electron chi connectivity index (χ4n) is 4.54. The number of methoxy groups -OCH3 is 4. The average molecular weight is 444 g/mol. The normalized spacial score (nSPS) is 21.1. The summed E-state index contributed by atoms with van der Waals surface area (Å²) >= 11 is 0. The molecule has 0 aromatic heterocycles. The van der Waals surface area contributed by atoms with E-state index in [9.17, 15) is 9.90 Å². The van der Waals surface area contributed by atoms with Crippen molar-refractivity contribution in [2.75, 3.05) is 42.0 Å². The van der Waals surface area contributed by atoms with Crippen molar-refractivity contribution >= 4 is 6.29 Å². The van der Waals surface area contributed by atoms with Crippen LogP contribution in [0.5, 0.6) is 23.0 Å². The topological polar surface area (TPSA) is 77.5 Å². The van der Waals surface area contributed by atoms with E-state index in [1.807, 2.05) is 42.3 Å².